The van der Waals surface area contributed by atoms with Gasteiger partial charge in [0.05, 0.1) is 5.71 Å². The molecule has 1 aliphatic rings. The Morgan fingerprint density at radius 2 is 2.00 bits per heavy atom. The molecule has 22 heavy (non-hydrogen) atoms. The van der Waals surface area contributed by atoms with Crippen LogP contribution in [0.5, 0.6) is 0 Å². The van der Waals surface area contributed by atoms with Crippen molar-refractivity contribution in [1.82, 2.24) is 5.01 Å². The summed E-state index contributed by atoms with van der Waals surface area (Å²) < 4.78 is 0. The molecule has 0 atom stereocenters. The summed E-state index contributed by atoms with van der Waals surface area (Å²) in [5.74, 6) is 0. The first-order valence-corrected chi connectivity index (χ1v) is 8.89. The summed E-state index contributed by atoms with van der Waals surface area (Å²) in [7, 11) is 1.94. The van der Waals surface area contributed by atoms with E-state index in [0.717, 1.165) is 35.0 Å². The molecule has 0 saturated heterocycles. The van der Waals surface area contributed by atoms with E-state index >= 15 is 0 Å². The average molecular weight is 322 g/mol. The van der Waals surface area contributed by atoms with Gasteiger partial charge in [0.2, 0.25) is 0 Å². The molecule has 1 N–H and O–H groups in total. The third-order valence-corrected chi connectivity index (χ3v) is 4.70. The highest BCUT2D eigenvalue weighted by molar-refractivity contribution is 6.31. The Morgan fingerprint density at radius 3 is 2.59 bits per heavy atom. The summed E-state index contributed by atoms with van der Waals surface area (Å²) >= 11 is 6.20. The fraction of sp³-hybridized carbons (Fsp3) is 0.611. The highest BCUT2D eigenvalue weighted by Crippen LogP contribution is 2.25. The van der Waals surface area contributed by atoms with Gasteiger partial charge in [0.15, 0.2) is 0 Å². The summed E-state index contributed by atoms with van der Waals surface area (Å²) in [6.45, 7) is 5.32. The van der Waals surface area contributed by atoms with Gasteiger partial charge in [0.25, 0.3) is 0 Å². The zero-order chi connectivity index (χ0) is 15.9. The third-order valence-electron chi connectivity index (χ3n) is 4.47. The molecule has 0 amide bonds. The number of anilines is 1. The highest BCUT2D eigenvalue weighted by Gasteiger charge is 2.20. The van der Waals surface area contributed by atoms with E-state index in [-0.39, 0.29) is 0 Å². The van der Waals surface area contributed by atoms with Crippen LogP contribution in [0.4, 0.5) is 5.69 Å². The van der Waals surface area contributed by atoms with Crippen LogP contribution in [0.15, 0.2) is 23.3 Å². The lowest BCUT2D eigenvalue weighted by Crippen LogP contribution is -2.33. The minimum absolute atomic E-state index is 0.595. The van der Waals surface area contributed by atoms with Crippen molar-refractivity contribution in [3.63, 3.8) is 0 Å². The van der Waals surface area contributed by atoms with Gasteiger partial charge in [0, 0.05) is 35.9 Å². The van der Waals surface area contributed by atoms with Crippen molar-refractivity contribution in [2.24, 2.45) is 5.10 Å². The lowest BCUT2D eigenvalue weighted by molar-refractivity contribution is 0.170. The molecule has 0 unspecified atom stereocenters. The van der Waals surface area contributed by atoms with Crippen LogP contribution in [0, 0.1) is 0 Å². The SMILES string of the molecule is CC/C(=N\N(CC)C1CCCCC1)c1cc(Cl)ccc1NC. The zero-order valence-corrected chi connectivity index (χ0v) is 14.8. The maximum absolute atomic E-state index is 6.20. The molecule has 0 heterocycles. The fourth-order valence-corrected chi connectivity index (χ4v) is 3.41. The van der Waals surface area contributed by atoms with Gasteiger partial charge in [-0.05, 0) is 44.4 Å². The van der Waals surface area contributed by atoms with Crippen LogP contribution in [0.2, 0.25) is 5.02 Å². The number of hydrogen-bond donors (Lipinski definition) is 1. The van der Waals surface area contributed by atoms with Gasteiger partial charge in [-0.25, -0.2) is 0 Å². The van der Waals surface area contributed by atoms with E-state index in [1.807, 2.05) is 25.2 Å². The molecule has 0 aromatic heterocycles. The number of nitrogens with zero attached hydrogens (tertiary/aromatic N) is 2. The first-order valence-electron chi connectivity index (χ1n) is 8.51. The van der Waals surface area contributed by atoms with E-state index in [4.69, 9.17) is 16.7 Å². The largest absolute Gasteiger partial charge is 0.388 e. The van der Waals surface area contributed by atoms with Gasteiger partial charge in [-0.15, -0.1) is 0 Å². The summed E-state index contributed by atoms with van der Waals surface area (Å²) in [5.41, 5.74) is 3.32. The van der Waals surface area contributed by atoms with Crippen LogP contribution in [0.25, 0.3) is 0 Å². The predicted octanol–water partition coefficient (Wildman–Crippen LogP) is 5.15. The summed E-state index contributed by atoms with van der Waals surface area (Å²) in [6, 6.07) is 6.56. The highest BCUT2D eigenvalue weighted by atomic mass is 35.5. The van der Waals surface area contributed by atoms with E-state index in [1.54, 1.807) is 0 Å². The van der Waals surface area contributed by atoms with Gasteiger partial charge < -0.3 is 5.32 Å². The van der Waals surface area contributed by atoms with Gasteiger partial charge in [-0.2, -0.15) is 5.10 Å². The van der Waals surface area contributed by atoms with Crippen LogP contribution in [0.3, 0.4) is 0 Å². The molecule has 1 aliphatic carbocycles. The minimum Gasteiger partial charge on any atom is -0.388 e. The van der Waals surface area contributed by atoms with E-state index in [9.17, 15) is 0 Å². The normalized spacial score (nSPS) is 16.6. The second-order valence-corrected chi connectivity index (χ2v) is 6.32. The Balaban J connectivity index is 2.30. The van der Waals surface area contributed by atoms with Crippen molar-refractivity contribution in [2.75, 3.05) is 18.9 Å². The molecule has 4 heteroatoms. The molecule has 0 bridgehead atoms. The maximum Gasteiger partial charge on any atom is 0.0696 e. The molecule has 3 nitrogen and oxygen atoms in total. The molecular weight excluding hydrogens is 294 g/mol. The molecule has 0 aliphatic heterocycles. The van der Waals surface area contributed by atoms with Gasteiger partial charge in [-0.1, -0.05) is 37.8 Å². The Labute approximate surface area is 139 Å². The molecule has 0 spiro atoms. The van der Waals surface area contributed by atoms with Crippen molar-refractivity contribution in [3.05, 3.63) is 28.8 Å². The number of benzene rings is 1. The summed E-state index contributed by atoms with van der Waals surface area (Å²) in [4.78, 5) is 0. The van der Waals surface area contributed by atoms with Crippen molar-refractivity contribution < 1.29 is 0 Å². The lowest BCUT2D eigenvalue weighted by atomic mass is 9.95. The number of halogens is 1. The Morgan fingerprint density at radius 1 is 1.27 bits per heavy atom. The standard InChI is InChI=1S/C18H28ClN3/c1-4-17(16-13-14(19)11-12-18(16)20-3)21-22(5-2)15-9-7-6-8-10-15/h11-13,15,20H,4-10H2,1-3H3/b21-17+. The Kier molecular flexibility index (Phi) is 6.56. The van der Waals surface area contributed by atoms with Crippen molar-refractivity contribution in [2.45, 2.75) is 58.4 Å². The van der Waals surface area contributed by atoms with E-state index < -0.39 is 0 Å². The van der Waals surface area contributed by atoms with Crippen LogP contribution >= 0.6 is 11.6 Å². The van der Waals surface area contributed by atoms with Crippen LogP contribution < -0.4 is 5.32 Å². The molecule has 1 aromatic rings. The first kappa shape index (κ1) is 17.1. The van der Waals surface area contributed by atoms with Gasteiger partial charge >= 0.3 is 0 Å². The number of rotatable bonds is 6. The van der Waals surface area contributed by atoms with Crippen molar-refractivity contribution in [1.29, 1.82) is 0 Å². The predicted molar refractivity (Wildman–Crippen MR) is 97.1 cm³/mol. The molecule has 1 aromatic carbocycles. The lowest BCUT2D eigenvalue weighted by Gasteiger charge is -2.32. The van der Waals surface area contributed by atoms with Crippen LogP contribution in [-0.4, -0.2) is 30.4 Å². The van der Waals surface area contributed by atoms with Gasteiger partial charge in [-0.3, -0.25) is 5.01 Å². The van der Waals surface area contributed by atoms with E-state index in [2.05, 4.69) is 24.2 Å². The first-order chi connectivity index (χ1) is 10.7. The Hall–Kier alpha value is -1.22. The zero-order valence-electron chi connectivity index (χ0n) is 14.0. The molecular formula is C18H28ClN3. The molecule has 1 fully saturated rings. The molecule has 1 saturated carbocycles. The molecule has 122 valence electrons. The van der Waals surface area contributed by atoms with Crippen molar-refractivity contribution in [3.8, 4) is 0 Å². The fourth-order valence-electron chi connectivity index (χ4n) is 3.23. The van der Waals surface area contributed by atoms with Crippen molar-refractivity contribution >= 4 is 23.0 Å². The van der Waals surface area contributed by atoms with Crippen LogP contribution in [0.1, 0.15) is 57.9 Å². The van der Waals surface area contributed by atoms with Crippen LogP contribution in [-0.2, 0) is 0 Å². The average Bonchev–Trinajstić information content (AvgIpc) is 2.57. The maximum atomic E-state index is 6.20. The van der Waals surface area contributed by atoms with E-state index in [0.29, 0.717) is 6.04 Å². The summed E-state index contributed by atoms with van der Waals surface area (Å²) in [6.07, 6.45) is 7.47. The topological polar surface area (TPSA) is 27.6 Å². The second-order valence-electron chi connectivity index (χ2n) is 5.89. The second kappa shape index (κ2) is 8.42. The minimum atomic E-state index is 0.595. The quantitative estimate of drug-likeness (QED) is 0.579. The monoisotopic (exact) mass is 321 g/mol. The number of hydrazone groups is 1. The van der Waals surface area contributed by atoms with E-state index in [1.165, 1.54) is 32.1 Å². The molecule has 2 rings (SSSR count). The third kappa shape index (κ3) is 4.16. The smallest absolute Gasteiger partial charge is 0.0696 e. The van der Waals surface area contributed by atoms with Gasteiger partial charge in [0.1, 0.15) is 0 Å². The summed E-state index contributed by atoms with van der Waals surface area (Å²) in [5, 5.41) is 11.3. The number of hydrogen-bond acceptors (Lipinski definition) is 3. The Bertz CT molecular complexity index is 507. The molecule has 0 radical (unpaired) electrons. The number of nitrogens with one attached hydrogen (secondary N) is 1.